The number of benzene rings is 2. The molecule has 0 radical (unpaired) electrons. The van der Waals surface area contributed by atoms with Gasteiger partial charge in [0.1, 0.15) is 5.75 Å². The molecule has 8 heteroatoms. The third-order valence-corrected chi connectivity index (χ3v) is 4.63. The van der Waals surface area contributed by atoms with Gasteiger partial charge in [0.25, 0.3) is 5.91 Å². The van der Waals surface area contributed by atoms with Gasteiger partial charge in [-0.05, 0) is 83.0 Å². The molecule has 0 aliphatic heterocycles. The maximum atomic E-state index is 12.4. The summed E-state index contributed by atoms with van der Waals surface area (Å²) < 4.78 is 6.42. The van der Waals surface area contributed by atoms with E-state index in [0.29, 0.717) is 39.6 Å². The fraction of sp³-hybridized carbons (Fsp3) is 0.250. The first-order valence-electron chi connectivity index (χ1n) is 8.71. The Morgan fingerprint density at radius 2 is 1.79 bits per heavy atom. The molecule has 28 heavy (non-hydrogen) atoms. The van der Waals surface area contributed by atoms with Gasteiger partial charge in [-0.25, -0.2) is 0 Å². The highest BCUT2D eigenvalue weighted by Crippen LogP contribution is 2.26. The van der Waals surface area contributed by atoms with Crippen molar-refractivity contribution in [3.05, 3.63) is 58.1 Å². The summed E-state index contributed by atoms with van der Waals surface area (Å²) in [6.45, 7) is 4.88. The van der Waals surface area contributed by atoms with Crippen LogP contribution in [0.25, 0.3) is 0 Å². The van der Waals surface area contributed by atoms with Crippen molar-refractivity contribution in [1.82, 2.24) is 5.32 Å². The first-order valence-corrected chi connectivity index (χ1v) is 9.91. The Morgan fingerprint density at radius 1 is 1.14 bits per heavy atom. The van der Waals surface area contributed by atoms with E-state index in [2.05, 4.69) is 40.4 Å². The zero-order valence-electron chi connectivity index (χ0n) is 15.6. The van der Waals surface area contributed by atoms with Crippen LogP contribution in [0.3, 0.4) is 0 Å². The quantitative estimate of drug-likeness (QED) is 0.537. The van der Waals surface area contributed by atoms with E-state index in [1.165, 1.54) is 0 Å². The normalized spacial score (nSPS) is 10.4. The molecule has 0 atom stereocenters. The number of ether oxygens (including phenoxy) is 1. The van der Waals surface area contributed by atoms with E-state index < -0.39 is 5.91 Å². The summed E-state index contributed by atoms with van der Waals surface area (Å²) in [6.07, 6.45) is 0.953. The third-order valence-electron chi connectivity index (χ3n) is 3.80. The van der Waals surface area contributed by atoms with Crippen LogP contribution < -0.4 is 21.1 Å². The van der Waals surface area contributed by atoms with Crippen molar-refractivity contribution in [3.8, 4) is 5.75 Å². The van der Waals surface area contributed by atoms with Crippen LogP contribution in [0.15, 0.2) is 46.9 Å². The molecular formula is C20H22BrN3O3S. The SMILES string of the molecule is CC(C)CCOc1ccc(C(=O)NC(=S)Nc2ccc(C(N)=O)cc2)cc1Br. The molecule has 0 spiro atoms. The van der Waals surface area contributed by atoms with Crippen molar-refractivity contribution in [2.45, 2.75) is 20.3 Å². The molecule has 4 N–H and O–H groups in total. The minimum Gasteiger partial charge on any atom is -0.492 e. The van der Waals surface area contributed by atoms with Crippen LogP contribution >= 0.6 is 28.1 Å². The molecule has 0 aliphatic carbocycles. The standard InChI is InChI=1S/C20H22BrN3O3S/c1-12(2)9-10-27-17-8-5-14(11-16(17)21)19(26)24-20(28)23-15-6-3-13(4-7-15)18(22)25/h3-8,11-12H,9-10H2,1-2H3,(H2,22,25)(H2,23,24,26,28). The highest BCUT2D eigenvalue weighted by Gasteiger charge is 2.11. The van der Waals surface area contributed by atoms with E-state index in [9.17, 15) is 9.59 Å². The van der Waals surface area contributed by atoms with Gasteiger partial charge in [0.05, 0.1) is 11.1 Å². The van der Waals surface area contributed by atoms with Crippen molar-refractivity contribution in [1.29, 1.82) is 0 Å². The first-order chi connectivity index (χ1) is 13.3. The fourth-order valence-corrected chi connectivity index (χ4v) is 2.92. The Morgan fingerprint density at radius 3 is 2.36 bits per heavy atom. The molecular weight excluding hydrogens is 442 g/mol. The molecule has 2 aromatic carbocycles. The van der Waals surface area contributed by atoms with Crippen LogP contribution in [0, 0.1) is 5.92 Å². The van der Waals surface area contributed by atoms with Crippen LogP contribution in [0.4, 0.5) is 5.69 Å². The van der Waals surface area contributed by atoms with Crippen LogP contribution in [0.1, 0.15) is 41.0 Å². The summed E-state index contributed by atoms with van der Waals surface area (Å²) in [5.74, 6) is 0.391. The number of hydrogen-bond acceptors (Lipinski definition) is 4. The minimum absolute atomic E-state index is 0.144. The van der Waals surface area contributed by atoms with Gasteiger partial charge in [-0.1, -0.05) is 13.8 Å². The lowest BCUT2D eigenvalue weighted by Crippen LogP contribution is -2.34. The Labute approximate surface area is 178 Å². The van der Waals surface area contributed by atoms with E-state index in [1.54, 1.807) is 42.5 Å². The predicted molar refractivity (Wildman–Crippen MR) is 118 cm³/mol. The smallest absolute Gasteiger partial charge is 0.257 e. The number of anilines is 1. The number of hydrogen-bond donors (Lipinski definition) is 3. The van der Waals surface area contributed by atoms with Gasteiger partial charge in [0.15, 0.2) is 5.11 Å². The molecule has 2 amide bonds. The van der Waals surface area contributed by atoms with E-state index >= 15 is 0 Å². The lowest BCUT2D eigenvalue weighted by Gasteiger charge is -2.12. The van der Waals surface area contributed by atoms with Crippen LogP contribution in [-0.2, 0) is 0 Å². The zero-order valence-corrected chi connectivity index (χ0v) is 18.0. The highest BCUT2D eigenvalue weighted by atomic mass is 79.9. The second-order valence-electron chi connectivity index (χ2n) is 6.53. The summed E-state index contributed by atoms with van der Waals surface area (Å²) in [5.41, 5.74) is 6.66. The van der Waals surface area contributed by atoms with Gasteiger partial charge in [-0.3, -0.25) is 14.9 Å². The lowest BCUT2D eigenvalue weighted by molar-refractivity contribution is 0.0975. The van der Waals surface area contributed by atoms with E-state index in [1.807, 2.05) is 0 Å². The number of carbonyl (C=O) groups is 2. The minimum atomic E-state index is -0.510. The number of nitrogens with one attached hydrogen (secondary N) is 2. The number of halogens is 1. The largest absolute Gasteiger partial charge is 0.492 e. The van der Waals surface area contributed by atoms with Crippen LogP contribution in [0.2, 0.25) is 0 Å². The van der Waals surface area contributed by atoms with Crippen molar-refractivity contribution in [2.24, 2.45) is 11.7 Å². The van der Waals surface area contributed by atoms with Crippen molar-refractivity contribution in [2.75, 3.05) is 11.9 Å². The number of amides is 2. The Kier molecular flexibility index (Phi) is 7.95. The Hall–Kier alpha value is -2.45. The number of thiocarbonyl (C=S) groups is 1. The molecule has 0 unspecified atom stereocenters. The third kappa shape index (κ3) is 6.61. The molecule has 148 valence electrons. The number of nitrogens with two attached hydrogens (primary N) is 1. The van der Waals surface area contributed by atoms with Crippen molar-refractivity contribution in [3.63, 3.8) is 0 Å². The van der Waals surface area contributed by atoms with Gasteiger partial charge in [-0.15, -0.1) is 0 Å². The monoisotopic (exact) mass is 463 g/mol. The van der Waals surface area contributed by atoms with E-state index in [0.717, 1.165) is 6.42 Å². The summed E-state index contributed by atoms with van der Waals surface area (Å²) in [6, 6.07) is 11.6. The molecule has 0 saturated carbocycles. The van der Waals surface area contributed by atoms with Gasteiger partial charge in [0.2, 0.25) is 5.91 Å². The van der Waals surface area contributed by atoms with Gasteiger partial charge in [-0.2, -0.15) is 0 Å². The number of rotatable bonds is 7. The molecule has 0 bridgehead atoms. The fourth-order valence-electron chi connectivity index (χ4n) is 2.22. The summed E-state index contributed by atoms with van der Waals surface area (Å²) >= 11 is 8.60. The van der Waals surface area contributed by atoms with Gasteiger partial charge < -0.3 is 15.8 Å². The molecule has 6 nitrogen and oxygen atoms in total. The van der Waals surface area contributed by atoms with E-state index in [4.69, 9.17) is 22.7 Å². The molecule has 2 rings (SSSR count). The summed E-state index contributed by atoms with van der Waals surface area (Å²) in [7, 11) is 0. The van der Waals surface area contributed by atoms with Crippen LogP contribution in [0.5, 0.6) is 5.75 Å². The molecule has 0 fully saturated rings. The highest BCUT2D eigenvalue weighted by molar-refractivity contribution is 9.10. The molecule has 0 saturated heterocycles. The number of carbonyl (C=O) groups excluding carboxylic acids is 2. The predicted octanol–water partition coefficient (Wildman–Crippen LogP) is 4.10. The van der Waals surface area contributed by atoms with E-state index in [-0.39, 0.29) is 11.0 Å². The zero-order chi connectivity index (χ0) is 20.7. The second kappa shape index (κ2) is 10.2. The maximum Gasteiger partial charge on any atom is 0.257 e. The van der Waals surface area contributed by atoms with Crippen molar-refractivity contribution < 1.29 is 14.3 Å². The molecule has 0 aliphatic rings. The molecule has 0 aromatic heterocycles. The first kappa shape index (κ1) is 21.8. The average molecular weight is 464 g/mol. The molecule has 0 heterocycles. The Balaban J connectivity index is 1.93. The summed E-state index contributed by atoms with van der Waals surface area (Å²) in [4.78, 5) is 23.5. The molecule has 2 aromatic rings. The number of primary amides is 1. The second-order valence-corrected chi connectivity index (χ2v) is 7.79. The van der Waals surface area contributed by atoms with Gasteiger partial charge >= 0.3 is 0 Å². The average Bonchev–Trinajstić information content (AvgIpc) is 2.63. The topological polar surface area (TPSA) is 93.4 Å². The maximum absolute atomic E-state index is 12.4. The van der Waals surface area contributed by atoms with Gasteiger partial charge in [0, 0.05) is 16.8 Å². The van der Waals surface area contributed by atoms with Crippen LogP contribution in [-0.4, -0.2) is 23.5 Å². The van der Waals surface area contributed by atoms with Crippen molar-refractivity contribution >= 4 is 50.8 Å². The Bertz CT molecular complexity index is 869. The lowest BCUT2D eigenvalue weighted by atomic mass is 10.1. The summed E-state index contributed by atoms with van der Waals surface area (Å²) in [5, 5.41) is 5.64.